The van der Waals surface area contributed by atoms with E-state index in [4.69, 9.17) is 4.74 Å². The molecule has 0 radical (unpaired) electrons. The molecule has 0 bridgehead atoms. The molecule has 2 aliphatic rings. The maximum Gasteiger partial charge on any atom is 0.430 e. The predicted molar refractivity (Wildman–Crippen MR) is 92.5 cm³/mol. The van der Waals surface area contributed by atoms with Crippen LogP contribution in [0.3, 0.4) is 0 Å². The Kier molecular flexibility index (Phi) is 5.08. The zero-order chi connectivity index (χ0) is 19.0. The van der Waals surface area contributed by atoms with Gasteiger partial charge in [-0.1, -0.05) is 49.6 Å². The van der Waals surface area contributed by atoms with Crippen LogP contribution in [0.5, 0.6) is 0 Å². The number of methoxy groups -OCH3 is 1. The van der Waals surface area contributed by atoms with Crippen molar-refractivity contribution in [2.24, 2.45) is 5.41 Å². The minimum Gasteiger partial charge on any atom is -0.356 e. The highest BCUT2D eigenvalue weighted by Crippen LogP contribution is 2.50. The molecular weight excluding hydrogens is 343 g/mol. The zero-order valence-corrected chi connectivity index (χ0v) is 15.3. The topological polar surface area (TPSA) is 29.5 Å². The quantitative estimate of drug-likeness (QED) is 0.775. The first-order valence-corrected chi connectivity index (χ1v) is 9.24. The summed E-state index contributed by atoms with van der Waals surface area (Å²) in [6.45, 7) is 2.24. The van der Waals surface area contributed by atoms with Crippen LogP contribution in [0.2, 0.25) is 0 Å². The molecule has 1 heterocycles. The van der Waals surface area contributed by atoms with Crippen molar-refractivity contribution in [3.63, 3.8) is 0 Å². The van der Waals surface area contributed by atoms with Gasteiger partial charge in [0.2, 0.25) is 0 Å². The average molecular weight is 369 g/mol. The molecule has 3 nitrogen and oxygen atoms in total. The Morgan fingerprint density at radius 2 is 1.77 bits per heavy atom. The lowest BCUT2D eigenvalue weighted by Crippen LogP contribution is -2.57. The van der Waals surface area contributed by atoms with E-state index in [1.54, 1.807) is 6.07 Å². The van der Waals surface area contributed by atoms with Gasteiger partial charge in [-0.15, -0.1) is 0 Å². The lowest BCUT2D eigenvalue weighted by molar-refractivity contribution is -0.270. The second kappa shape index (κ2) is 6.87. The Morgan fingerprint density at radius 3 is 2.31 bits per heavy atom. The summed E-state index contributed by atoms with van der Waals surface area (Å²) >= 11 is 0. The molecule has 6 heteroatoms. The summed E-state index contributed by atoms with van der Waals surface area (Å²) in [5.74, 6) is -0.992. The summed E-state index contributed by atoms with van der Waals surface area (Å²) in [5, 5.41) is 0. The molecule has 26 heavy (non-hydrogen) atoms. The van der Waals surface area contributed by atoms with Crippen LogP contribution < -0.4 is 0 Å². The first-order chi connectivity index (χ1) is 12.3. The van der Waals surface area contributed by atoms with E-state index >= 15 is 0 Å². The lowest BCUT2D eigenvalue weighted by atomic mass is 9.73. The van der Waals surface area contributed by atoms with Crippen molar-refractivity contribution in [2.75, 3.05) is 13.7 Å². The van der Waals surface area contributed by atoms with Crippen LogP contribution in [0.15, 0.2) is 30.3 Å². The van der Waals surface area contributed by atoms with Crippen LogP contribution in [0.1, 0.15) is 51.0 Å². The maximum atomic E-state index is 14.2. The molecule has 2 fully saturated rings. The summed E-state index contributed by atoms with van der Waals surface area (Å²) in [4.78, 5) is 14.7. The number of hydrogen-bond acceptors (Lipinski definition) is 2. The SMILES string of the molecule is CO[C@@](C(=O)N1CC2(CCCCC2)CC1C)(c1ccccc1)C(F)(F)F. The molecule has 3 rings (SSSR count). The molecule has 1 aliphatic heterocycles. The summed E-state index contributed by atoms with van der Waals surface area (Å²) in [6, 6.07) is 7.02. The predicted octanol–water partition coefficient (Wildman–Crippen LogP) is 4.66. The fraction of sp³-hybridized carbons (Fsp3) is 0.650. The summed E-state index contributed by atoms with van der Waals surface area (Å²) in [6.07, 6.45) is 1.23. The number of ether oxygens (including phenoxy) is 1. The number of alkyl halides is 3. The van der Waals surface area contributed by atoms with E-state index in [-0.39, 0.29) is 17.0 Å². The van der Waals surface area contributed by atoms with Gasteiger partial charge >= 0.3 is 6.18 Å². The molecule has 1 amide bonds. The highest BCUT2D eigenvalue weighted by atomic mass is 19.4. The van der Waals surface area contributed by atoms with Crippen LogP contribution in [0.4, 0.5) is 13.2 Å². The van der Waals surface area contributed by atoms with Gasteiger partial charge in [-0.25, -0.2) is 0 Å². The van der Waals surface area contributed by atoms with Gasteiger partial charge in [0.15, 0.2) is 0 Å². The van der Waals surface area contributed by atoms with Gasteiger partial charge in [-0.2, -0.15) is 13.2 Å². The monoisotopic (exact) mass is 369 g/mol. The number of amides is 1. The van der Waals surface area contributed by atoms with Gasteiger partial charge < -0.3 is 9.64 Å². The number of carbonyl (C=O) groups is 1. The Balaban J connectivity index is 1.98. The van der Waals surface area contributed by atoms with Crippen molar-refractivity contribution in [1.29, 1.82) is 0 Å². The number of benzene rings is 1. The molecule has 1 saturated heterocycles. The molecule has 144 valence electrons. The molecule has 1 saturated carbocycles. The van der Waals surface area contributed by atoms with Crippen molar-refractivity contribution in [1.82, 2.24) is 4.90 Å². The summed E-state index contributed by atoms with van der Waals surface area (Å²) < 4.78 is 47.4. The Bertz CT molecular complexity index is 640. The number of likely N-dealkylation sites (tertiary alicyclic amines) is 1. The average Bonchev–Trinajstić information content (AvgIpc) is 2.92. The minimum atomic E-state index is -4.85. The van der Waals surface area contributed by atoms with E-state index in [1.165, 1.54) is 35.6 Å². The van der Waals surface area contributed by atoms with Gasteiger partial charge in [-0.3, -0.25) is 4.79 Å². The highest BCUT2D eigenvalue weighted by Gasteiger charge is 2.65. The van der Waals surface area contributed by atoms with Crippen LogP contribution in [-0.2, 0) is 15.1 Å². The van der Waals surface area contributed by atoms with Crippen LogP contribution >= 0.6 is 0 Å². The van der Waals surface area contributed by atoms with Gasteiger partial charge in [0.1, 0.15) is 0 Å². The number of rotatable bonds is 3. The van der Waals surface area contributed by atoms with Gasteiger partial charge in [0, 0.05) is 25.3 Å². The third kappa shape index (κ3) is 3.02. The third-order valence-corrected chi connectivity index (χ3v) is 6.13. The van der Waals surface area contributed by atoms with Gasteiger partial charge in [0.25, 0.3) is 11.5 Å². The number of hydrogen-bond donors (Lipinski definition) is 0. The molecule has 0 aromatic heterocycles. The summed E-state index contributed by atoms with van der Waals surface area (Å²) in [7, 11) is 0.968. The Labute approximate surface area is 152 Å². The maximum absolute atomic E-state index is 14.2. The highest BCUT2D eigenvalue weighted by molar-refractivity contribution is 5.88. The Hall–Kier alpha value is -1.56. The fourth-order valence-electron chi connectivity index (χ4n) is 4.86. The molecule has 1 aromatic carbocycles. The first-order valence-electron chi connectivity index (χ1n) is 9.24. The number of halogens is 3. The van der Waals surface area contributed by atoms with E-state index in [0.717, 1.165) is 39.2 Å². The molecule has 1 unspecified atom stereocenters. The van der Waals surface area contributed by atoms with Crippen LogP contribution in [0, 0.1) is 5.41 Å². The van der Waals surface area contributed by atoms with Crippen molar-refractivity contribution < 1.29 is 22.7 Å². The largest absolute Gasteiger partial charge is 0.430 e. The smallest absolute Gasteiger partial charge is 0.356 e. The first kappa shape index (κ1) is 19.2. The molecule has 0 N–H and O–H groups in total. The van der Waals surface area contributed by atoms with Crippen LogP contribution in [-0.4, -0.2) is 36.7 Å². The second-order valence-electron chi connectivity index (χ2n) is 7.80. The van der Waals surface area contributed by atoms with Crippen molar-refractivity contribution in [2.45, 2.75) is 63.3 Å². The summed E-state index contributed by atoms with van der Waals surface area (Å²) in [5.41, 5.74) is -3.16. The van der Waals surface area contributed by atoms with E-state index in [9.17, 15) is 18.0 Å². The number of carbonyl (C=O) groups excluding carboxylic acids is 1. The van der Waals surface area contributed by atoms with Crippen molar-refractivity contribution in [3.05, 3.63) is 35.9 Å². The molecule has 1 aromatic rings. The van der Waals surface area contributed by atoms with Crippen LogP contribution in [0.25, 0.3) is 0 Å². The van der Waals surface area contributed by atoms with E-state index < -0.39 is 17.7 Å². The standard InChI is InChI=1S/C20H26F3NO2/c1-15-13-18(11-7-4-8-12-18)14-24(15)17(25)19(26-2,20(21,22)23)16-9-5-3-6-10-16/h3,5-6,9-10,15H,4,7-8,11-14H2,1-2H3/t15?,19-/m1/s1. The van der Waals surface area contributed by atoms with E-state index in [0.29, 0.717) is 6.54 Å². The normalized spacial score (nSPS) is 25.3. The second-order valence-corrected chi connectivity index (χ2v) is 7.80. The Morgan fingerprint density at radius 1 is 1.15 bits per heavy atom. The third-order valence-electron chi connectivity index (χ3n) is 6.13. The lowest BCUT2D eigenvalue weighted by Gasteiger charge is -2.38. The number of nitrogens with zero attached hydrogens (tertiary/aromatic N) is 1. The minimum absolute atomic E-state index is 0.0326. The zero-order valence-electron chi connectivity index (χ0n) is 15.3. The van der Waals surface area contributed by atoms with E-state index in [2.05, 4.69) is 0 Å². The molecule has 2 atom stereocenters. The molecule has 1 aliphatic carbocycles. The fourth-order valence-corrected chi connectivity index (χ4v) is 4.86. The molecule has 1 spiro atoms. The molecular formula is C20H26F3NO2. The van der Waals surface area contributed by atoms with E-state index in [1.807, 2.05) is 6.92 Å². The van der Waals surface area contributed by atoms with Gasteiger partial charge in [-0.05, 0) is 31.6 Å². The van der Waals surface area contributed by atoms with Crippen molar-refractivity contribution >= 4 is 5.91 Å². The van der Waals surface area contributed by atoms with Gasteiger partial charge in [0.05, 0.1) is 0 Å². The van der Waals surface area contributed by atoms with Crippen molar-refractivity contribution in [3.8, 4) is 0 Å².